The number of rotatable bonds is 9. The molecule has 0 spiro atoms. The molecular weight excluding hydrogens is 246 g/mol. The van der Waals surface area contributed by atoms with E-state index in [1.165, 1.54) is 5.56 Å². The van der Waals surface area contributed by atoms with Crippen molar-refractivity contribution in [3.8, 4) is 0 Å². The Morgan fingerprint density at radius 3 is 2.20 bits per heavy atom. The van der Waals surface area contributed by atoms with Gasteiger partial charge < -0.3 is 4.90 Å². The lowest BCUT2D eigenvalue weighted by Gasteiger charge is -2.45. The van der Waals surface area contributed by atoms with Crippen LogP contribution < -0.4 is 11.3 Å². The zero-order valence-corrected chi connectivity index (χ0v) is 13.5. The molecule has 0 aliphatic carbocycles. The zero-order chi connectivity index (χ0) is 15.0. The van der Waals surface area contributed by atoms with Crippen LogP contribution in [0, 0.1) is 0 Å². The van der Waals surface area contributed by atoms with Gasteiger partial charge in [0, 0.05) is 11.6 Å². The number of hydrogen-bond donors (Lipinski definition) is 2. The van der Waals surface area contributed by atoms with Gasteiger partial charge in [-0.2, -0.15) is 0 Å². The highest BCUT2D eigenvalue weighted by molar-refractivity contribution is 5.14. The second-order valence-electron chi connectivity index (χ2n) is 5.80. The Hall–Kier alpha value is -0.900. The van der Waals surface area contributed by atoms with Crippen molar-refractivity contribution in [2.45, 2.75) is 57.5 Å². The summed E-state index contributed by atoms with van der Waals surface area (Å²) in [5, 5.41) is 0. The first kappa shape index (κ1) is 17.2. The number of hydrogen-bond acceptors (Lipinski definition) is 3. The Morgan fingerprint density at radius 1 is 1.15 bits per heavy atom. The first-order valence-corrected chi connectivity index (χ1v) is 7.78. The van der Waals surface area contributed by atoms with E-state index in [1.807, 2.05) is 0 Å². The molecule has 0 amide bonds. The number of benzene rings is 1. The minimum absolute atomic E-state index is 0.144. The maximum absolute atomic E-state index is 5.85. The van der Waals surface area contributed by atoms with Crippen molar-refractivity contribution in [1.82, 2.24) is 10.3 Å². The van der Waals surface area contributed by atoms with Gasteiger partial charge in [-0.3, -0.25) is 11.3 Å². The van der Waals surface area contributed by atoms with Crippen molar-refractivity contribution >= 4 is 0 Å². The molecule has 20 heavy (non-hydrogen) atoms. The molecule has 1 aromatic carbocycles. The highest BCUT2D eigenvalue weighted by atomic mass is 15.3. The first-order chi connectivity index (χ1) is 9.60. The number of aryl methyl sites for hydroxylation is 1. The molecule has 1 unspecified atom stereocenters. The van der Waals surface area contributed by atoms with Gasteiger partial charge in [0.05, 0.1) is 0 Å². The summed E-state index contributed by atoms with van der Waals surface area (Å²) in [5.41, 5.74) is 4.62. The quantitative estimate of drug-likeness (QED) is 0.538. The van der Waals surface area contributed by atoms with E-state index in [-0.39, 0.29) is 5.54 Å². The molecule has 0 bridgehead atoms. The van der Waals surface area contributed by atoms with Gasteiger partial charge in [-0.25, -0.2) is 0 Å². The van der Waals surface area contributed by atoms with Crippen molar-refractivity contribution in [1.29, 1.82) is 0 Å². The minimum Gasteiger partial charge on any atom is -0.302 e. The SMILES string of the molecule is CCC(CC)(C(CCCc1ccccc1)NN)N(C)C. The monoisotopic (exact) mass is 277 g/mol. The smallest absolute Gasteiger partial charge is 0.0394 e. The molecule has 3 heteroatoms. The Labute approximate surface area is 124 Å². The van der Waals surface area contributed by atoms with Crippen LogP contribution in [0.25, 0.3) is 0 Å². The van der Waals surface area contributed by atoms with E-state index in [4.69, 9.17) is 5.84 Å². The number of nitrogens with two attached hydrogens (primary N) is 1. The highest BCUT2D eigenvalue weighted by Gasteiger charge is 2.36. The minimum atomic E-state index is 0.144. The van der Waals surface area contributed by atoms with Gasteiger partial charge in [0.25, 0.3) is 0 Å². The molecule has 0 saturated heterocycles. The first-order valence-electron chi connectivity index (χ1n) is 7.78. The third-order valence-corrected chi connectivity index (χ3v) is 4.77. The van der Waals surface area contributed by atoms with Crippen LogP contribution in [-0.4, -0.2) is 30.6 Å². The predicted molar refractivity (Wildman–Crippen MR) is 87.5 cm³/mol. The molecule has 1 atom stereocenters. The summed E-state index contributed by atoms with van der Waals surface area (Å²) in [7, 11) is 4.32. The Balaban J connectivity index is 2.61. The molecule has 0 radical (unpaired) electrons. The summed E-state index contributed by atoms with van der Waals surface area (Å²) in [6.07, 6.45) is 5.60. The summed E-state index contributed by atoms with van der Waals surface area (Å²) in [4.78, 5) is 2.33. The molecule has 1 aromatic rings. The molecule has 114 valence electrons. The molecule has 1 rings (SSSR count). The van der Waals surface area contributed by atoms with E-state index in [0.717, 1.165) is 32.1 Å². The number of hydrazine groups is 1. The maximum atomic E-state index is 5.85. The zero-order valence-electron chi connectivity index (χ0n) is 13.5. The van der Waals surface area contributed by atoms with Crippen LogP contribution in [-0.2, 0) is 6.42 Å². The average Bonchev–Trinajstić information content (AvgIpc) is 2.47. The van der Waals surface area contributed by atoms with Crippen molar-refractivity contribution < 1.29 is 0 Å². The molecule has 0 aromatic heterocycles. The Bertz CT molecular complexity index is 358. The summed E-state index contributed by atoms with van der Waals surface area (Å²) in [5.74, 6) is 5.85. The summed E-state index contributed by atoms with van der Waals surface area (Å²) in [6.45, 7) is 4.51. The van der Waals surface area contributed by atoms with Gasteiger partial charge >= 0.3 is 0 Å². The molecular formula is C17H31N3. The highest BCUT2D eigenvalue weighted by Crippen LogP contribution is 2.28. The van der Waals surface area contributed by atoms with E-state index in [1.54, 1.807) is 0 Å². The van der Waals surface area contributed by atoms with Crippen LogP contribution in [0.3, 0.4) is 0 Å². The number of nitrogens with zero attached hydrogens (tertiary/aromatic N) is 1. The number of likely N-dealkylation sites (N-methyl/N-ethyl adjacent to an activating group) is 1. The van der Waals surface area contributed by atoms with E-state index >= 15 is 0 Å². The Kier molecular flexibility index (Phi) is 7.20. The van der Waals surface area contributed by atoms with Gasteiger partial charge in [-0.15, -0.1) is 0 Å². The largest absolute Gasteiger partial charge is 0.302 e. The predicted octanol–water partition coefficient (Wildman–Crippen LogP) is 2.96. The van der Waals surface area contributed by atoms with Gasteiger partial charge in [0.15, 0.2) is 0 Å². The van der Waals surface area contributed by atoms with E-state index in [2.05, 4.69) is 68.6 Å². The lowest BCUT2D eigenvalue weighted by molar-refractivity contribution is 0.0832. The van der Waals surface area contributed by atoms with Crippen molar-refractivity contribution in [3.63, 3.8) is 0 Å². The fraction of sp³-hybridized carbons (Fsp3) is 0.647. The van der Waals surface area contributed by atoms with E-state index in [0.29, 0.717) is 6.04 Å². The molecule has 3 nitrogen and oxygen atoms in total. The normalized spacial score (nSPS) is 13.7. The molecule has 0 aliphatic heterocycles. The van der Waals surface area contributed by atoms with Crippen LogP contribution in [0.15, 0.2) is 30.3 Å². The summed E-state index contributed by atoms with van der Waals surface area (Å²) in [6, 6.07) is 11.0. The van der Waals surface area contributed by atoms with Gasteiger partial charge in [-0.1, -0.05) is 44.2 Å². The molecule has 0 aliphatic rings. The van der Waals surface area contributed by atoms with Crippen LogP contribution in [0.2, 0.25) is 0 Å². The van der Waals surface area contributed by atoms with Crippen LogP contribution in [0.1, 0.15) is 45.1 Å². The van der Waals surface area contributed by atoms with Gasteiger partial charge in [-0.05, 0) is 51.8 Å². The third-order valence-electron chi connectivity index (χ3n) is 4.77. The van der Waals surface area contributed by atoms with Crippen LogP contribution in [0.4, 0.5) is 0 Å². The summed E-state index contributed by atoms with van der Waals surface area (Å²) >= 11 is 0. The van der Waals surface area contributed by atoms with Crippen LogP contribution >= 0.6 is 0 Å². The maximum Gasteiger partial charge on any atom is 0.0394 e. The fourth-order valence-corrected chi connectivity index (χ4v) is 3.35. The number of nitrogens with one attached hydrogen (secondary N) is 1. The Morgan fingerprint density at radius 2 is 1.75 bits per heavy atom. The van der Waals surface area contributed by atoms with Crippen molar-refractivity contribution in [2.75, 3.05) is 14.1 Å². The van der Waals surface area contributed by atoms with Crippen molar-refractivity contribution in [3.05, 3.63) is 35.9 Å². The van der Waals surface area contributed by atoms with E-state index < -0.39 is 0 Å². The van der Waals surface area contributed by atoms with Gasteiger partial charge in [0.1, 0.15) is 0 Å². The van der Waals surface area contributed by atoms with Gasteiger partial charge in [0.2, 0.25) is 0 Å². The topological polar surface area (TPSA) is 41.3 Å². The van der Waals surface area contributed by atoms with Crippen molar-refractivity contribution in [2.24, 2.45) is 5.84 Å². The lowest BCUT2D eigenvalue weighted by atomic mass is 9.81. The molecule has 0 fully saturated rings. The fourth-order valence-electron chi connectivity index (χ4n) is 3.35. The standard InChI is InChI=1S/C17H31N3/c1-5-17(6-2,20(3)4)16(19-18)14-10-13-15-11-8-7-9-12-15/h7-9,11-12,16,19H,5-6,10,13-14,18H2,1-4H3. The molecule has 3 N–H and O–H groups in total. The summed E-state index contributed by atoms with van der Waals surface area (Å²) < 4.78 is 0. The lowest BCUT2D eigenvalue weighted by Crippen LogP contribution is -2.60. The average molecular weight is 277 g/mol. The second-order valence-corrected chi connectivity index (χ2v) is 5.80. The molecule has 0 saturated carbocycles. The van der Waals surface area contributed by atoms with Crippen LogP contribution in [0.5, 0.6) is 0 Å². The third kappa shape index (κ3) is 4.05. The van der Waals surface area contributed by atoms with E-state index in [9.17, 15) is 0 Å². The second kappa shape index (κ2) is 8.40. The molecule has 0 heterocycles.